The third kappa shape index (κ3) is 4.46. The number of anilines is 1. The van der Waals surface area contributed by atoms with Crippen molar-refractivity contribution in [1.82, 2.24) is 14.3 Å². The average Bonchev–Trinajstić information content (AvgIpc) is 2.95. The number of nitrogens with one attached hydrogen (secondary N) is 1. The van der Waals surface area contributed by atoms with Gasteiger partial charge in [-0.25, -0.2) is 14.5 Å². The van der Waals surface area contributed by atoms with Gasteiger partial charge in [0.15, 0.2) is 11.8 Å². The van der Waals surface area contributed by atoms with Gasteiger partial charge in [0.25, 0.3) is 11.5 Å². The summed E-state index contributed by atoms with van der Waals surface area (Å²) >= 11 is 17.7. The second-order valence-corrected chi connectivity index (χ2v) is 7.72. The van der Waals surface area contributed by atoms with Crippen LogP contribution in [0.3, 0.4) is 0 Å². The first-order chi connectivity index (χ1) is 14.6. The number of carbonyl (C=O) groups excluding carboxylic acids is 2. The monoisotopic (exact) mass is 482 g/mol. The first kappa shape index (κ1) is 22.9. The maximum atomic E-state index is 12.9. The standard InChI is InChI=1S/C20H17Cl3N4O4/c1-10-16(19(29)27(26(10)3)12-7-5-4-6-8-12)25-18(28)11(2)31-20(30)17-15(23)14(22)13(21)9-24-17/h4-9,11H,1-3H3,(H,25,28)/t11-/m1/s1. The van der Waals surface area contributed by atoms with Crippen molar-refractivity contribution in [2.24, 2.45) is 7.05 Å². The van der Waals surface area contributed by atoms with E-state index >= 15 is 0 Å². The SMILES string of the molecule is Cc1c(NC(=O)[C@@H](C)OC(=O)c2ncc(Cl)c(Cl)c2Cl)c(=O)n(-c2ccccc2)n1C. The molecule has 0 bridgehead atoms. The number of benzene rings is 1. The lowest BCUT2D eigenvalue weighted by atomic mass is 10.3. The van der Waals surface area contributed by atoms with Gasteiger partial charge in [0, 0.05) is 13.2 Å². The third-order valence-corrected chi connectivity index (χ3v) is 5.81. The summed E-state index contributed by atoms with van der Waals surface area (Å²) in [5.41, 5.74) is 0.531. The summed E-state index contributed by atoms with van der Waals surface area (Å²) in [5, 5.41) is 2.37. The van der Waals surface area contributed by atoms with Gasteiger partial charge in [-0.05, 0) is 26.0 Å². The molecule has 0 saturated heterocycles. The number of carbonyl (C=O) groups is 2. The van der Waals surface area contributed by atoms with E-state index in [-0.39, 0.29) is 26.4 Å². The van der Waals surface area contributed by atoms with E-state index in [0.29, 0.717) is 11.4 Å². The Hall–Kier alpha value is -2.81. The number of halogens is 3. The summed E-state index contributed by atoms with van der Waals surface area (Å²) in [6.07, 6.45) is -0.0970. The van der Waals surface area contributed by atoms with E-state index in [1.54, 1.807) is 42.9 Å². The van der Waals surface area contributed by atoms with Crippen LogP contribution >= 0.6 is 34.8 Å². The van der Waals surface area contributed by atoms with Crippen molar-refractivity contribution < 1.29 is 14.3 Å². The summed E-state index contributed by atoms with van der Waals surface area (Å²) in [6, 6.07) is 8.96. The van der Waals surface area contributed by atoms with Crippen molar-refractivity contribution in [3.05, 3.63) is 73.3 Å². The number of ether oxygens (including phenoxy) is 1. The molecule has 1 N–H and O–H groups in total. The van der Waals surface area contributed by atoms with Crippen molar-refractivity contribution in [2.75, 3.05) is 5.32 Å². The molecule has 0 unspecified atom stereocenters. The Morgan fingerprint density at radius 1 is 1.13 bits per heavy atom. The number of pyridine rings is 1. The zero-order valence-corrected chi connectivity index (χ0v) is 18.9. The van der Waals surface area contributed by atoms with Gasteiger partial charge >= 0.3 is 5.97 Å². The van der Waals surface area contributed by atoms with Gasteiger partial charge < -0.3 is 10.1 Å². The molecule has 0 aliphatic carbocycles. The van der Waals surface area contributed by atoms with Crippen molar-refractivity contribution in [1.29, 1.82) is 0 Å². The number of nitrogens with zero attached hydrogens (tertiary/aromatic N) is 3. The average molecular weight is 484 g/mol. The minimum absolute atomic E-state index is 0.0521. The van der Waals surface area contributed by atoms with Crippen LogP contribution < -0.4 is 10.9 Å². The van der Waals surface area contributed by atoms with Crippen molar-refractivity contribution in [3.63, 3.8) is 0 Å². The molecule has 1 amide bonds. The van der Waals surface area contributed by atoms with E-state index in [9.17, 15) is 14.4 Å². The summed E-state index contributed by atoms with van der Waals surface area (Å²) in [6.45, 7) is 3.04. The first-order valence-electron chi connectivity index (χ1n) is 8.98. The van der Waals surface area contributed by atoms with Crippen LogP contribution in [0.1, 0.15) is 23.1 Å². The van der Waals surface area contributed by atoms with Crippen LogP contribution in [0.4, 0.5) is 5.69 Å². The fourth-order valence-electron chi connectivity index (χ4n) is 2.79. The lowest BCUT2D eigenvalue weighted by Gasteiger charge is -2.13. The zero-order chi connectivity index (χ0) is 22.9. The number of aromatic nitrogens is 3. The molecule has 2 aromatic heterocycles. The lowest BCUT2D eigenvalue weighted by Crippen LogP contribution is -2.32. The van der Waals surface area contributed by atoms with Gasteiger partial charge in [0.1, 0.15) is 5.69 Å². The van der Waals surface area contributed by atoms with E-state index in [1.165, 1.54) is 11.6 Å². The van der Waals surface area contributed by atoms with Gasteiger partial charge in [-0.15, -0.1) is 0 Å². The predicted octanol–water partition coefficient (Wildman–Crippen LogP) is 4.02. The Bertz CT molecular complexity index is 1220. The molecule has 0 radical (unpaired) electrons. The molecule has 3 aromatic rings. The number of esters is 1. The van der Waals surface area contributed by atoms with Gasteiger partial charge in [-0.3, -0.25) is 14.3 Å². The number of hydrogen-bond acceptors (Lipinski definition) is 5. The molecular formula is C20H17Cl3N4O4. The molecule has 8 nitrogen and oxygen atoms in total. The lowest BCUT2D eigenvalue weighted by molar-refractivity contribution is -0.123. The number of para-hydroxylation sites is 1. The minimum Gasteiger partial charge on any atom is -0.448 e. The van der Waals surface area contributed by atoms with Crippen molar-refractivity contribution >= 4 is 52.4 Å². The molecule has 0 spiro atoms. The number of rotatable bonds is 5. The minimum atomic E-state index is -1.25. The van der Waals surface area contributed by atoms with E-state index in [2.05, 4.69) is 10.3 Å². The Kier molecular flexibility index (Phi) is 6.74. The third-order valence-electron chi connectivity index (χ3n) is 4.57. The molecule has 0 aliphatic rings. The molecule has 0 fully saturated rings. The number of amides is 1. The second kappa shape index (κ2) is 9.13. The Labute approximate surface area is 192 Å². The topological polar surface area (TPSA) is 95.2 Å². The van der Waals surface area contributed by atoms with Crippen LogP contribution in [0.2, 0.25) is 15.1 Å². The van der Waals surface area contributed by atoms with Crippen LogP contribution in [-0.4, -0.2) is 32.3 Å². The molecule has 2 heterocycles. The maximum absolute atomic E-state index is 12.9. The van der Waals surface area contributed by atoms with Gasteiger partial charge in [0.05, 0.1) is 26.4 Å². The molecule has 0 aliphatic heterocycles. The number of hydrogen-bond donors (Lipinski definition) is 1. The van der Waals surface area contributed by atoms with E-state index in [0.717, 1.165) is 6.20 Å². The Morgan fingerprint density at radius 2 is 1.77 bits per heavy atom. The van der Waals surface area contributed by atoms with E-state index < -0.39 is 23.5 Å². The van der Waals surface area contributed by atoms with Crippen LogP contribution in [0, 0.1) is 6.92 Å². The second-order valence-electron chi connectivity index (χ2n) is 6.56. The smallest absolute Gasteiger partial charge is 0.359 e. The molecule has 0 saturated carbocycles. The van der Waals surface area contributed by atoms with Crippen LogP contribution in [0.15, 0.2) is 41.3 Å². The molecule has 3 rings (SSSR count). The first-order valence-corrected chi connectivity index (χ1v) is 10.1. The Balaban J connectivity index is 1.80. The Morgan fingerprint density at radius 3 is 2.42 bits per heavy atom. The predicted molar refractivity (Wildman–Crippen MR) is 119 cm³/mol. The maximum Gasteiger partial charge on any atom is 0.359 e. The summed E-state index contributed by atoms with van der Waals surface area (Å²) < 4.78 is 8.16. The van der Waals surface area contributed by atoms with Gasteiger partial charge in [-0.1, -0.05) is 53.0 Å². The van der Waals surface area contributed by atoms with E-state index in [1.807, 2.05) is 6.07 Å². The highest BCUT2D eigenvalue weighted by Gasteiger charge is 2.26. The fourth-order valence-corrected chi connectivity index (χ4v) is 3.35. The van der Waals surface area contributed by atoms with Crippen molar-refractivity contribution in [2.45, 2.75) is 20.0 Å². The molecule has 1 aromatic carbocycles. The van der Waals surface area contributed by atoms with Gasteiger partial charge in [-0.2, -0.15) is 0 Å². The molecule has 11 heteroatoms. The highest BCUT2D eigenvalue weighted by molar-refractivity contribution is 6.48. The largest absolute Gasteiger partial charge is 0.448 e. The summed E-state index contributed by atoms with van der Waals surface area (Å²) in [5.74, 6) is -1.66. The quantitative estimate of drug-likeness (QED) is 0.553. The fraction of sp³-hybridized carbons (Fsp3) is 0.200. The van der Waals surface area contributed by atoms with Crippen LogP contribution in [-0.2, 0) is 16.6 Å². The van der Waals surface area contributed by atoms with Crippen molar-refractivity contribution in [3.8, 4) is 5.69 Å². The normalized spacial score (nSPS) is 11.8. The van der Waals surface area contributed by atoms with Crippen LogP contribution in [0.5, 0.6) is 0 Å². The van der Waals surface area contributed by atoms with Crippen LogP contribution in [0.25, 0.3) is 5.69 Å². The summed E-state index contributed by atoms with van der Waals surface area (Å²) in [7, 11) is 1.70. The van der Waals surface area contributed by atoms with E-state index in [4.69, 9.17) is 39.5 Å². The van der Waals surface area contributed by atoms with Gasteiger partial charge in [0.2, 0.25) is 0 Å². The molecule has 31 heavy (non-hydrogen) atoms. The molecule has 162 valence electrons. The summed E-state index contributed by atoms with van der Waals surface area (Å²) in [4.78, 5) is 41.6. The molecular weight excluding hydrogens is 467 g/mol. The zero-order valence-electron chi connectivity index (χ0n) is 16.6. The molecule has 1 atom stereocenters. The highest BCUT2D eigenvalue weighted by Crippen LogP contribution is 2.31. The highest BCUT2D eigenvalue weighted by atomic mass is 35.5.